The second-order valence-electron chi connectivity index (χ2n) is 5.20. The number of hydrogen-bond donors (Lipinski definition) is 2. The molecule has 2 atom stereocenters. The van der Waals surface area contributed by atoms with Crippen LogP contribution in [0, 0.1) is 5.92 Å². The molecule has 0 radical (unpaired) electrons. The molecule has 0 aromatic carbocycles. The molecule has 1 rings (SSSR count). The largest absolute Gasteiger partial charge is 0.343 e. The van der Waals surface area contributed by atoms with E-state index in [9.17, 15) is 14.4 Å². The molecule has 102 valence electrons. The normalized spacial score (nSPS) is 20.6. The van der Waals surface area contributed by atoms with Crippen molar-refractivity contribution in [3.8, 4) is 0 Å². The minimum Gasteiger partial charge on any atom is -0.343 e. The molecule has 0 spiro atoms. The fraction of sp³-hybridized carbons (Fsp3) is 0.750. The predicted octanol–water partition coefficient (Wildman–Crippen LogP) is 0.477. The molecule has 0 saturated carbocycles. The number of rotatable bonds is 5. The molecule has 0 aromatic heterocycles. The van der Waals surface area contributed by atoms with E-state index < -0.39 is 18.0 Å². The van der Waals surface area contributed by atoms with E-state index in [0.717, 1.165) is 6.42 Å². The molecule has 0 bridgehead atoms. The van der Waals surface area contributed by atoms with Gasteiger partial charge in [-0.05, 0) is 19.3 Å². The molecule has 6 heteroatoms. The Morgan fingerprint density at radius 3 is 2.39 bits per heavy atom. The molecule has 2 N–H and O–H groups in total. The molecule has 1 aliphatic heterocycles. The van der Waals surface area contributed by atoms with Crippen LogP contribution in [0.3, 0.4) is 0 Å². The molecule has 2 unspecified atom stereocenters. The molecule has 6 nitrogen and oxygen atoms in total. The van der Waals surface area contributed by atoms with Crippen LogP contribution in [0.15, 0.2) is 0 Å². The van der Waals surface area contributed by atoms with Gasteiger partial charge in [0, 0.05) is 13.1 Å². The summed E-state index contributed by atoms with van der Waals surface area (Å²) in [6.45, 7) is 6.17. The van der Waals surface area contributed by atoms with E-state index >= 15 is 0 Å². The van der Waals surface area contributed by atoms with E-state index in [1.165, 1.54) is 0 Å². The van der Waals surface area contributed by atoms with Gasteiger partial charge in [0.2, 0.25) is 5.91 Å². The third-order valence-corrected chi connectivity index (χ3v) is 3.10. The summed E-state index contributed by atoms with van der Waals surface area (Å²) in [6.07, 6.45) is 0.919. The van der Waals surface area contributed by atoms with Crippen molar-refractivity contribution in [3.05, 3.63) is 0 Å². The summed E-state index contributed by atoms with van der Waals surface area (Å²) in [5.41, 5.74) is 0. The maximum atomic E-state index is 12.0. The van der Waals surface area contributed by atoms with Crippen molar-refractivity contribution in [2.75, 3.05) is 7.05 Å². The van der Waals surface area contributed by atoms with Crippen LogP contribution >= 0.6 is 0 Å². The first-order chi connectivity index (χ1) is 8.31. The van der Waals surface area contributed by atoms with Crippen molar-refractivity contribution in [3.63, 3.8) is 0 Å². The SMILES string of the molecule is CC(C)CC(C)N(C)C(=O)CC1NC(=O)NC1=O. The zero-order valence-corrected chi connectivity index (χ0v) is 11.3. The highest BCUT2D eigenvalue weighted by atomic mass is 16.2. The molecule has 1 saturated heterocycles. The van der Waals surface area contributed by atoms with Gasteiger partial charge in [0.25, 0.3) is 5.91 Å². The maximum Gasteiger partial charge on any atom is 0.322 e. The lowest BCUT2D eigenvalue weighted by molar-refractivity contribution is -0.134. The van der Waals surface area contributed by atoms with Gasteiger partial charge in [-0.3, -0.25) is 14.9 Å². The van der Waals surface area contributed by atoms with Gasteiger partial charge < -0.3 is 10.2 Å². The van der Waals surface area contributed by atoms with Gasteiger partial charge in [0.05, 0.1) is 6.42 Å². The summed E-state index contributed by atoms with van der Waals surface area (Å²) in [6, 6.07) is -1.15. The quantitative estimate of drug-likeness (QED) is 0.701. The predicted molar refractivity (Wildman–Crippen MR) is 66.8 cm³/mol. The lowest BCUT2D eigenvalue weighted by atomic mass is 10.0. The number of amides is 4. The lowest BCUT2D eigenvalue weighted by Crippen LogP contribution is -2.41. The van der Waals surface area contributed by atoms with Crippen LogP contribution in [-0.4, -0.2) is 41.9 Å². The van der Waals surface area contributed by atoms with Gasteiger partial charge in [-0.25, -0.2) is 4.79 Å². The molecule has 4 amide bonds. The minimum atomic E-state index is -0.737. The monoisotopic (exact) mass is 255 g/mol. The number of carbonyl (C=O) groups excluding carboxylic acids is 3. The van der Waals surface area contributed by atoms with E-state index in [2.05, 4.69) is 24.5 Å². The Bertz CT molecular complexity index is 354. The number of urea groups is 1. The Balaban J connectivity index is 2.49. The molecule has 18 heavy (non-hydrogen) atoms. The number of imide groups is 1. The lowest BCUT2D eigenvalue weighted by Gasteiger charge is -2.27. The Kier molecular flexibility index (Phi) is 4.69. The highest BCUT2D eigenvalue weighted by molar-refractivity contribution is 6.05. The van der Waals surface area contributed by atoms with Crippen molar-refractivity contribution in [2.45, 2.75) is 45.7 Å². The van der Waals surface area contributed by atoms with E-state index in [-0.39, 0.29) is 18.4 Å². The molecule has 1 fully saturated rings. The zero-order chi connectivity index (χ0) is 13.9. The summed E-state index contributed by atoms with van der Waals surface area (Å²) < 4.78 is 0. The van der Waals surface area contributed by atoms with Crippen LogP contribution in [0.25, 0.3) is 0 Å². The third-order valence-electron chi connectivity index (χ3n) is 3.10. The number of carbonyl (C=O) groups is 3. The van der Waals surface area contributed by atoms with Crippen LogP contribution in [0.5, 0.6) is 0 Å². The average molecular weight is 255 g/mol. The first-order valence-electron chi connectivity index (χ1n) is 6.18. The van der Waals surface area contributed by atoms with Crippen molar-refractivity contribution in [2.24, 2.45) is 5.92 Å². The second kappa shape index (κ2) is 5.84. The van der Waals surface area contributed by atoms with Crippen LogP contribution in [0.4, 0.5) is 4.79 Å². The molecule has 1 heterocycles. The molecule has 1 aliphatic rings. The van der Waals surface area contributed by atoms with Crippen LogP contribution in [-0.2, 0) is 9.59 Å². The van der Waals surface area contributed by atoms with Gasteiger partial charge in [0.15, 0.2) is 0 Å². The first-order valence-corrected chi connectivity index (χ1v) is 6.18. The fourth-order valence-corrected chi connectivity index (χ4v) is 2.01. The molecule has 0 aliphatic carbocycles. The number of hydrogen-bond acceptors (Lipinski definition) is 3. The first kappa shape index (κ1) is 14.5. The number of nitrogens with one attached hydrogen (secondary N) is 2. The van der Waals surface area contributed by atoms with Gasteiger partial charge in [-0.15, -0.1) is 0 Å². The molecule has 0 aromatic rings. The minimum absolute atomic E-state index is 0.0104. The summed E-state index contributed by atoms with van der Waals surface area (Å²) in [5, 5.41) is 4.53. The summed E-state index contributed by atoms with van der Waals surface area (Å²) in [7, 11) is 1.73. The topological polar surface area (TPSA) is 78.5 Å². The van der Waals surface area contributed by atoms with Gasteiger partial charge in [-0.2, -0.15) is 0 Å². The van der Waals surface area contributed by atoms with Gasteiger partial charge in [0.1, 0.15) is 6.04 Å². The van der Waals surface area contributed by atoms with Crippen molar-refractivity contribution in [1.29, 1.82) is 0 Å². The van der Waals surface area contributed by atoms with Crippen LogP contribution < -0.4 is 10.6 Å². The van der Waals surface area contributed by atoms with Crippen LogP contribution in [0.1, 0.15) is 33.6 Å². The van der Waals surface area contributed by atoms with Crippen molar-refractivity contribution < 1.29 is 14.4 Å². The zero-order valence-electron chi connectivity index (χ0n) is 11.3. The number of nitrogens with zero attached hydrogens (tertiary/aromatic N) is 1. The second-order valence-corrected chi connectivity index (χ2v) is 5.20. The Morgan fingerprint density at radius 2 is 1.94 bits per heavy atom. The Labute approximate surface area is 107 Å². The van der Waals surface area contributed by atoms with E-state index in [0.29, 0.717) is 5.92 Å². The summed E-state index contributed by atoms with van der Waals surface area (Å²) in [4.78, 5) is 35.9. The Morgan fingerprint density at radius 1 is 1.33 bits per heavy atom. The third kappa shape index (κ3) is 3.72. The molecular weight excluding hydrogens is 234 g/mol. The smallest absolute Gasteiger partial charge is 0.322 e. The average Bonchev–Trinajstić information content (AvgIpc) is 2.55. The van der Waals surface area contributed by atoms with E-state index in [4.69, 9.17) is 0 Å². The van der Waals surface area contributed by atoms with Crippen LogP contribution in [0.2, 0.25) is 0 Å². The molecular formula is C12H21N3O3. The standard InChI is InChI=1S/C12H21N3O3/c1-7(2)5-8(3)15(4)10(16)6-9-11(17)14-12(18)13-9/h7-9H,5-6H2,1-4H3,(H2,13,14,17,18). The van der Waals surface area contributed by atoms with Crippen molar-refractivity contribution in [1.82, 2.24) is 15.5 Å². The highest BCUT2D eigenvalue weighted by Gasteiger charge is 2.32. The van der Waals surface area contributed by atoms with Gasteiger partial charge >= 0.3 is 6.03 Å². The fourth-order valence-electron chi connectivity index (χ4n) is 2.01. The Hall–Kier alpha value is -1.59. The van der Waals surface area contributed by atoms with Crippen molar-refractivity contribution >= 4 is 17.8 Å². The maximum absolute atomic E-state index is 12.0. The van der Waals surface area contributed by atoms with E-state index in [1.807, 2.05) is 6.92 Å². The summed E-state index contributed by atoms with van der Waals surface area (Å²) >= 11 is 0. The summed E-state index contributed by atoms with van der Waals surface area (Å²) in [5.74, 6) is -0.0616. The highest BCUT2D eigenvalue weighted by Crippen LogP contribution is 2.12. The van der Waals surface area contributed by atoms with E-state index in [1.54, 1.807) is 11.9 Å². The van der Waals surface area contributed by atoms with Gasteiger partial charge in [-0.1, -0.05) is 13.8 Å².